The highest BCUT2D eigenvalue weighted by molar-refractivity contribution is 5.17. The van der Waals surface area contributed by atoms with Crippen LogP contribution in [-0.2, 0) is 11.2 Å². The lowest BCUT2D eigenvalue weighted by Gasteiger charge is -2.35. The summed E-state index contributed by atoms with van der Waals surface area (Å²) in [5.41, 5.74) is 0.935. The van der Waals surface area contributed by atoms with E-state index < -0.39 is 6.10 Å². The Balaban J connectivity index is 1.88. The zero-order valence-corrected chi connectivity index (χ0v) is 11.4. The van der Waals surface area contributed by atoms with Crippen molar-refractivity contribution in [3.8, 4) is 0 Å². The minimum atomic E-state index is -0.537. The van der Waals surface area contributed by atoms with Crippen LogP contribution in [0.15, 0.2) is 24.3 Å². The fraction of sp³-hybridized carbons (Fsp3) is 0.600. The Bertz CT molecular complexity index is 380. The summed E-state index contributed by atoms with van der Waals surface area (Å²) in [4.78, 5) is 2.32. The molecule has 3 nitrogen and oxygen atoms in total. The van der Waals surface area contributed by atoms with Gasteiger partial charge in [-0.25, -0.2) is 4.39 Å². The molecular weight excluding hydrogens is 245 g/mol. The van der Waals surface area contributed by atoms with Crippen molar-refractivity contribution in [2.45, 2.75) is 32.0 Å². The van der Waals surface area contributed by atoms with Crippen LogP contribution in [0.4, 0.5) is 4.39 Å². The van der Waals surface area contributed by atoms with E-state index in [9.17, 15) is 9.50 Å². The Hall–Kier alpha value is -0.970. The van der Waals surface area contributed by atoms with Crippen LogP contribution in [0.1, 0.15) is 18.9 Å². The molecule has 1 heterocycles. The summed E-state index contributed by atoms with van der Waals surface area (Å²) >= 11 is 0. The molecule has 0 aliphatic carbocycles. The molecule has 1 N–H and O–H groups in total. The number of nitrogens with zero attached hydrogens (tertiary/aromatic N) is 1. The standard InChI is InChI=1S/C15H22FNO2/c1-2-7-17-8-9-19-15(11-17)14(18)10-12-3-5-13(16)6-4-12/h3-6,14-15,18H,2,7-11H2,1H3. The Kier molecular flexibility index (Phi) is 5.31. The van der Waals surface area contributed by atoms with Crippen LogP contribution in [0.3, 0.4) is 0 Å². The molecule has 1 aromatic rings. The fourth-order valence-corrected chi connectivity index (χ4v) is 2.48. The molecule has 0 radical (unpaired) electrons. The van der Waals surface area contributed by atoms with E-state index in [4.69, 9.17) is 4.74 Å². The summed E-state index contributed by atoms with van der Waals surface area (Å²) in [5.74, 6) is -0.249. The monoisotopic (exact) mass is 267 g/mol. The molecule has 0 spiro atoms. The number of rotatable bonds is 5. The average molecular weight is 267 g/mol. The van der Waals surface area contributed by atoms with Crippen molar-refractivity contribution in [2.75, 3.05) is 26.2 Å². The molecule has 1 aliphatic heterocycles. The van der Waals surface area contributed by atoms with Crippen LogP contribution in [0.25, 0.3) is 0 Å². The number of aliphatic hydroxyl groups excluding tert-OH is 1. The molecule has 2 rings (SSSR count). The molecule has 1 fully saturated rings. The van der Waals surface area contributed by atoms with Gasteiger partial charge in [-0.2, -0.15) is 0 Å². The Morgan fingerprint density at radius 1 is 1.42 bits per heavy atom. The quantitative estimate of drug-likeness (QED) is 0.883. The number of aliphatic hydroxyl groups is 1. The van der Waals surface area contributed by atoms with E-state index >= 15 is 0 Å². The number of benzene rings is 1. The highest BCUT2D eigenvalue weighted by Gasteiger charge is 2.26. The van der Waals surface area contributed by atoms with Crippen molar-refractivity contribution in [1.82, 2.24) is 4.90 Å². The first-order chi connectivity index (χ1) is 9.19. The van der Waals surface area contributed by atoms with E-state index in [1.54, 1.807) is 12.1 Å². The third kappa shape index (κ3) is 4.27. The number of halogens is 1. The molecule has 2 unspecified atom stereocenters. The van der Waals surface area contributed by atoms with E-state index in [0.29, 0.717) is 13.0 Å². The Morgan fingerprint density at radius 2 is 2.16 bits per heavy atom. The second-order valence-electron chi connectivity index (χ2n) is 5.11. The lowest BCUT2D eigenvalue weighted by Crippen LogP contribution is -2.48. The predicted octanol–water partition coefficient (Wildman–Crippen LogP) is 1.84. The van der Waals surface area contributed by atoms with Crippen molar-refractivity contribution >= 4 is 0 Å². The fourth-order valence-electron chi connectivity index (χ4n) is 2.48. The van der Waals surface area contributed by atoms with E-state index in [1.165, 1.54) is 12.1 Å². The van der Waals surface area contributed by atoms with Gasteiger partial charge in [-0.1, -0.05) is 19.1 Å². The summed E-state index contributed by atoms with van der Waals surface area (Å²) < 4.78 is 18.5. The zero-order valence-electron chi connectivity index (χ0n) is 11.4. The van der Waals surface area contributed by atoms with E-state index in [-0.39, 0.29) is 11.9 Å². The van der Waals surface area contributed by atoms with Gasteiger partial charge in [0.1, 0.15) is 5.82 Å². The summed E-state index contributed by atoms with van der Waals surface area (Å²) in [7, 11) is 0. The van der Waals surface area contributed by atoms with Crippen molar-refractivity contribution in [3.63, 3.8) is 0 Å². The van der Waals surface area contributed by atoms with Gasteiger partial charge in [0, 0.05) is 19.5 Å². The second kappa shape index (κ2) is 6.98. The molecule has 106 valence electrons. The lowest BCUT2D eigenvalue weighted by atomic mass is 10.0. The van der Waals surface area contributed by atoms with Gasteiger partial charge in [0.15, 0.2) is 0 Å². The topological polar surface area (TPSA) is 32.7 Å². The van der Waals surface area contributed by atoms with Crippen LogP contribution >= 0.6 is 0 Å². The molecule has 1 aliphatic rings. The average Bonchev–Trinajstić information content (AvgIpc) is 2.42. The molecule has 2 atom stereocenters. The molecular formula is C15H22FNO2. The van der Waals surface area contributed by atoms with Crippen molar-refractivity contribution in [3.05, 3.63) is 35.6 Å². The highest BCUT2D eigenvalue weighted by Crippen LogP contribution is 2.14. The molecule has 1 saturated heterocycles. The predicted molar refractivity (Wildman–Crippen MR) is 72.6 cm³/mol. The third-order valence-electron chi connectivity index (χ3n) is 3.50. The number of hydrogen-bond acceptors (Lipinski definition) is 3. The van der Waals surface area contributed by atoms with Crippen molar-refractivity contribution in [2.24, 2.45) is 0 Å². The van der Waals surface area contributed by atoms with E-state index in [0.717, 1.165) is 31.6 Å². The normalized spacial score (nSPS) is 22.4. The summed E-state index contributed by atoms with van der Waals surface area (Å²) in [5, 5.41) is 10.2. The first kappa shape index (κ1) is 14.4. The van der Waals surface area contributed by atoms with Crippen LogP contribution < -0.4 is 0 Å². The first-order valence-electron chi connectivity index (χ1n) is 6.95. The van der Waals surface area contributed by atoms with Crippen LogP contribution in [0.2, 0.25) is 0 Å². The SMILES string of the molecule is CCCN1CCOC(C(O)Cc2ccc(F)cc2)C1. The van der Waals surface area contributed by atoms with Crippen LogP contribution in [-0.4, -0.2) is 48.5 Å². The maximum atomic E-state index is 12.8. The highest BCUT2D eigenvalue weighted by atomic mass is 19.1. The maximum Gasteiger partial charge on any atom is 0.123 e. The first-order valence-corrected chi connectivity index (χ1v) is 6.95. The molecule has 0 aromatic heterocycles. The lowest BCUT2D eigenvalue weighted by molar-refractivity contribution is -0.0877. The van der Waals surface area contributed by atoms with Gasteiger partial charge in [0.2, 0.25) is 0 Å². The maximum absolute atomic E-state index is 12.8. The van der Waals surface area contributed by atoms with Gasteiger partial charge >= 0.3 is 0 Å². The van der Waals surface area contributed by atoms with Crippen molar-refractivity contribution in [1.29, 1.82) is 0 Å². The van der Waals surface area contributed by atoms with E-state index in [2.05, 4.69) is 11.8 Å². The molecule has 1 aromatic carbocycles. The van der Waals surface area contributed by atoms with Gasteiger partial charge in [0.25, 0.3) is 0 Å². The van der Waals surface area contributed by atoms with Gasteiger partial charge in [-0.05, 0) is 30.7 Å². The zero-order chi connectivity index (χ0) is 13.7. The molecule has 4 heteroatoms. The van der Waals surface area contributed by atoms with E-state index in [1.807, 2.05) is 0 Å². The third-order valence-corrected chi connectivity index (χ3v) is 3.50. The number of ether oxygens (including phenoxy) is 1. The summed E-state index contributed by atoms with van der Waals surface area (Å²) in [6.45, 7) is 5.58. The van der Waals surface area contributed by atoms with Gasteiger partial charge in [-0.15, -0.1) is 0 Å². The number of morpholine rings is 1. The largest absolute Gasteiger partial charge is 0.390 e. The summed E-state index contributed by atoms with van der Waals surface area (Å²) in [6.07, 6.45) is 0.932. The smallest absolute Gasteiger partial charge is 0.123 e. The van der Waals surface area contributed by atoms with Crippen molar-refractivity contribution < 1.29 is 14.2 Å². The minimum absolute atomic E-state index is 0.148. The van der Waals surface area contributed by atoms with Crippen LogP contribution in [0, 0.1) is 5.82 Å². The molecule has 0 bridgehead atoms. The number of hydrogen-bond donors (Lipinski definition) is 1. The molecule has 0 amide bonds. The second-order valence-corrected chi connectivity index (χ2v) is 5.11. The Morgan fingerprint density at radius 3 is 2.84 bits per heavy atom. The minimum Gasteiger partial charge on any atom is -0.390 e. The van der Waals surface area contributed by atoms with Gasteiger partial charge < -0.3 is 9.84 Å². The molecule has 19 heavy (non-hydrogen) atoms. The molecule has 0 saturated carbocycles. The summed E-state index contributed by atoms with van der Waals surface area (Å²) in [6, 6.07) is 6.27. The van der Waals surface area contributed by atoms with Crippen LogP contribution in [0.5, 0.6) is 0 Å². The van der Waals surface area contributed by atoms with Gasteiger partial charge in [-0.3, -0.25) is 4.90 Å². The van der Waals surface area contributed by atoms with Gasteiger partial charge in [0.05, 0.1) is 18.8 Å². The Labute approximate surface area is 114 Å².